The van der Waals surface area contributed by atoms with Crippen LogP contribution in [0.1, 0.15) is 33.1 Å². The lowest BCUT2D eigenvalue weighted by molar-refractivity contribution is 0.876. The van der Waals surface area contributed by atoms with Gasteiger partial charge in [-0.3, -0.25) is 0 Å². The van der Waals surface area contributed by atoms with Crippen LogP contribution in [-0.2, 0) is 0 Å². The van der Waals surface area contributed by atoms with Gasteiger partial charge in [-0.05, 0) is 25.3 Å². The van der Waals surface area contributed by atoms with Gasteiger partial charge in [-0.15, -0.1) is 0 Å². The molecule has 0 N–H and O–H groups in total. The molecule has 0 amide bonds. The van der Waals surface area contributed by atoms with Crippen molar-refractivity contribution in [3.8, 4) is 0 Å². The van der Waals surface area contributed by atoms with E-state index in [0.717, 1.165) is 12.8 Å². The van der Waals surface area contributed by atoms with Crippen molar-refractivity contribution in [2.75, 3.05) is 0 Å². The number of hydrogen-bond donors (Lipinski definition) is 0. The van der Waals surface area contributed by atoms with E-state index in [0.29, 0.717) is 0 Å². The molecule has 0 heterocycles. The minimum absolute atomic E-state index is 0.960. The normalized spacial score (nSPS) is 12.0. The number of hydrogen-bond acceptors (Lipinski definition) is 0. The van der Waals surface area contributed by atoms with Gasteiger partial charge in [-0.2, -0.15) is 0 Å². The summed E-state index contributed by atoms with van der Waals surface area (Å²) < 4.78 is 0. The van der Waals surface area contributed by atoms with E-state index in [4.69, 9.17) is 0 Å². The van der Waals surface area contributed by atoms with Gasteiger partial charge in [0.2, 0.25) is 0 Å². The Morgan fingerprint density at radius 1 is 1.38 bits per heavy atom. The fourth-order valence-electron chi connectivity index (χ4n) is 1.15. The van der Waals surface area contributed by atoms with E-state index in [1.165, 1.54) is 17.6 Å². The van der Waals surface area contributed by atoms with Gasteiger partial charge >= 0.3 is 0 Å². The summed E-state index contributed by atoms with van der Waals surface area (Å²) in [5, 5.41) is 0. The Labute approximate surface area is 82.4 Å². The Kier molecular flexibility index (Phi) is 6.99. The average Bonchev–Trinajstić information content (AvgIpc) is 2.12. The van der Waals surface area contributed by atoms with Crippen molar-refractivity contribution in [2.45, 2.75) is 33.1 Å². The first-order valence-electron chi connectivity index (χ1n) is 4.85. The lowest BCUT2D eigenvalue weighted by atomic mass is 10.0. The Hall–Kier alpha value is -1.04. The van der Waals surface area contributed by atoms with Crippen molar-refractivity contribution in [3.05, 3.63) is 48.6 Å². The summed E-state index contributed by atoms with van der Waals surface area (Å²) in [6.07, 6.45) is 11.3. The Morgan fingerprint density at radius 3 is 2.54 bits per heavy atom. The van der Waals surface area contributed by atoms with E-state index in [9.17, 15) is 0 Å². The molecule has 0 nitrogen and oxygen atoms in total. The highest BCUT2D eigenvalue weighted by molar-refractivity contribution is 5.26. The van der Waals surface area contributed by atoms with Crippen LogP contribution in [-0.4, -0.2) is 0 Å². The summed E-state index contributed by atoms with van der Waals surface area (Å²) in [6.45, 7) is 12.0. The molecule has 0 aromatic carbocycles. The van der Waals surface area contributed by atoms with Gasteiger partial charge in [-0.25, -0.2) is 0 Å². The summed E-state index contributed by atoms with van der Waals surface area (Å²) in [7, 11) is 0. The van der Waals surface area contributed by atoms with Crippen molar-refractivity contribution < 1.29 is 0 Å². The zero-order chi connectivity index (χ0) is 10.1. The largest absolute Gasteiger partial charge is 0.0995 e. The van der Waals surface area contributed by atoms with Gasteiger partial charge in [0.05, 0.1) is 0 Å². The molecule has 0 spiro atoms. The van der Waals surface area contributed by atoms with Crippen LogP contribution in [0.15, 0.2) is 48.6 Å². The van der Waals surface area contributed by atoms with Crippen molar-refractivity contribution in [1.29, 1.82) is 0 Å². The molecule has 0 aliphatic carbocycles. The van der Waals surface area contributed by atoms with Crippen LogP contribution in [0.2, 0.25) is 0 Å². The summed E-state index contributed by atoms with van der Waals surface area (Å²) in [4.78, 5) is 0. The van der Waals surface area contributed by atoms with E-state index >= 15 is 0 Å². The molecule has 0 unspecified atom stereocenters. The summed E-state index contributed by atoms with van der Waals surface area (Å²) in [5.41, 5.74) is 2.54. The van der Waals surface area contributed by atoms with Gasteiger partial charge in [-0.1, -0.05) is 56.4 Å². The topological polar surface area (TPSA) is 0 Å². The average molecular weight is 176 g/mol. The predicted molar refractivity (Wildman–Crippen MR) is 61.8 cm³/mol. The molecule has 0 atom stereocenters. The molecule has 13 heavy (non-hydrogen) atoms. The van der Waals surface area contributed by atoms with Crippen LogP contribution in [0.5, 0.6) is 0 Å². The molecular weight excluding hydrogens is 156 g/mol. The molecule has 0 aromatic heterocycles. The highest BCUT2D eigenvalue weighted by Crippen LogP contribution is 2.14. The minimum atomic E-state index is 0.960. The first-order valence-corrected chi connectivity index (χ1v) is 4.85. The Balaban J connectivity index is 4.12. The maximum absolute atomic E-state index is 4.03. The van der Waals surface area contributed by atoms with Crippen LogP contribution >= 0.6 is 0 Å². The second kappa shape index (κ2) is 7.60. The van der Waals surface area contributed by atoms with Gasteiger partial charge in [0.1, 0.15) is 0 Å². The lowest BCUT2D eigenvalue weighted by Gasteiger charge is -2.03. The fraction of sp³-hybridized carbons (Fsp3) is 0.385. The van der Waals surface area contributed by atoms with Crippen molar-refractivity contribution in [2.24, 2.45) is 0 Å². The van der Waals surface area contributed by atoms with Gasteiger partial charge in [0, 0.05) is 0 Å². The molecule has 0 saturated carbocycles. The Morgan fingerprint density at radius 2 is 2.08 bits per heavy atom. The smallest absolute Gasteiger partial charge is 0.00700 e. The van der Waals surface area contributed by atoms with Crippen LogP contribution in [0, 0.1) is 0 Å². The Bertz CT molecular complexity index is 216. The predicted octanol–water partition coefficient (Wildman–Crippen LogP) is 4.42. The van der Waals surface area contributed by atoms with Crippen LogP contribution in [0.4, 0.5) is 0 Å². The van der Waals surface area contributed by atoms with Crippen molar-refractivity contribution in [3.63, 3.8) is 0 Å². The first-order chi connectivity index (χ1) is 6.24. The fourth-order valence-corrected chi connectivity index (χ4v) is 1.15. The van der Waals surface area contributed by atoms with E-state index < -0.39 is 0 Å². The molecule has 0 heteroatoms. The minimum Gasteiger partial charge on any atom is -0.0995 e. The first kappa shape index (κ1) is 12.0. The zero-order valence-electron chi connectivity index (χ0n) is 8.84. The maximum Gasteiger partial charge on any atom is -0.00700 e. The van der Waals surface area contributed by atoms with Gasteiger partial charge < -0.3 is 0 Å². The third-order valence-electron chi connectivity index (χ3n) is 1.82. The number of rotatable bonds is 6. The van der Waals surface area contributed by atoms with E-state index in [1.807, 2.05) is 25.2 Å². The third kappa shape index (κ3) is 6.15. The molecule has 0 radical (unpaired) electrons. The van der Waals surface area contributed by atoms with Crippen LogP contribution < -0.4 is 0 Å². The van der Waals surface area contributed by atoms with Crippen LogP contribution in [0.25, 0.3) is 0 Å². The zero-order valence-corrected chi connectivity index (χ0v) is 8.84. The highest BCUT2D eigenvalue weighted by Gasteiger charge is 1.95. The van der Waals surface area contributed by atoms with Gasteiger partial charge in [0.25, 0.3) is 0 Å². The molecule has 0 bridgehead atoms. The second-order valence-electron chi connectivity index (χ2n) is 3.15. The summed E-state index contributed by atoms with van der Waals surface area (Å²) in [6, 6.07) is 0. The third-order valence-corrected chi connectivity index (χ3v) is 1.82. The lowest BCUT2D eigenvalue weighted by Crippen LogP contribution is -1.83. The standard InChI is InChI=1S/C13H20/c1-5-8-10-13(7-3)11-12(4)9-6-2/h5,7-8,10H,3-4,6,9,11H2,1-2H3/b8-5+,13-10+. The quantitative estimate of drug-likeness (QED) is 0.415. The monoisotopic (exact) mass is 176 g/mol. The van der Waals surface area contributed by atoms with Crippen molar-refractivity contribution in [1.82, 2.24) is 0 Å². The number of allylic oxidation sites excluding steroid dienone is 6. The summed E-state index contributed by atoms with van der Waals surface area (Å²) in [5.74, 6) is 0. The summed E-state index contributed by atoms with van der Waals surface area (Å²) >= 11 is 0. The molecule has 0 fully saturated rings. The van der Waals surface area contributed by atoms with E-state index in [-0.39, 0.29) is 0 Å². The van der Waals surface area contributed by atoms with Gasteiger partial charge in [0.15, 0.2) is 0 Å². The highest BCUT2D eigenvalue weighted by atomic mass is 14.0. The molecular formula is C13H20. The SMILES string of the molecule is C=C/C(=C\C=C\C)CC(=C)CCC. The maximum atomic E-state index is 4.03. The molecule has 0 saturated heterocycles. The van der Waals surface area contributed by atoms with E-state index in [1.54, 1.807) is 0 Å². The molecule has 0 aliphatic heterocycles. The van der Waals surface area contributed by atoms with E-state index in [2.05, 4.69) is 26.2 Å². The molecule has 0 aromatic rings. The second-order valence-corrected chi connectivity index (χ2v) is 3.15. The molecule has 72 valence electrons. The van der Waals surface area contributed by atoms with Crippen LogP contribution in [0.3, 0.4) is 0 Å². The molecule has 0 rings (SSSR count). The van der Waals surface area contributed by atoms with Crippen molar-refractivity contribution >= 4 is 0 Å². The molecule has 0 aliphatic rings.